The molecule has 0 heterocycles. The van der Waals surface area contributed by atoms with Crippen molar-refractivity contribution in [3.63, 3.8) is 0 Å². The highest BCUT2D eigenvalue weighted by Gasteiger charge is 1.97. The van der Waals surface area contributed by atoms with Crippen molar-refractivity contribution in [2.45, 2.75) is 6.61 Å². The lowest BCUT2D eigenvalue weighted by molar-refractivity contribution is 0.305. The summed E-state index contributed by atoms with van der Waals surface area (Å²) in [5, 5.41) is 9.12. The topological polar surface area (TPSA) is 29.5 Å². The van der Waals surface area contributed by atoms with Gasteiger partial charge in [0, 0.05) is 4.47 Å². The first kappa shape index (κ1) is 11.0. The van der Waals surface area contributed by atoms with E-state index in [9.17, 15) is 0 Å². The van der Waals surface area contributed by atoms with Crippen LogP contribution in [0.4, 0.5) is 0 Å². The molecule has 0 aliphatic rings. The molecule has 2 rings (SSSR count). The maximum absolute atomic E-state index is 9.12. The summed E-state index contributed by atoms with van der Waals surface area (Å²) < 4.78 is 6.61. The predicted octanol–water partition coefficient (Wildman–Crippen LogP) is 3.73. The van der Waals surface area contributed by atoms with Crippen molar-refractivity contribution in [2.75, 3.05) is 0 Å². The third kappa shape index (κ3) is 3.00. The van der Waals surface area contributed by atoms with E-state index in [1.54, 1.807) is 24.3 Å². The highest BCUT2D eigenvalue weighted by Crippen LogP contribution is 2.18. The largest absolute Gasteiger partial charge is 0.508 e. The molecule has 0 aliphatic carbocycles. The number of phenolic OH excluding ortho intramolecular Hbond substituents is 1. The number of rotatable bonds is 3. The second kappa shape index (κ2) is 5.03. The maximum Gasteiger partial charge on any atom is 0.120 e. The first-order valence-corrected chi connectivity index (χ1v) is 5.69. The monoisotopic (exact) mass is 278 g/mol. The molecular formula is C13H11BrO2. The van der Waals surface area contributed by atoms with Gasteiger partial charge in [0.1, 0.15) is 18.1 Å². The summed E-state index contributed by atoms with van der Waals surface area (Å²) in [6.45, 7) is 0.518. The number of hydrogen-bond donors (Lipinski definition) is 1. The van der Waals surface area contributed by atoms with Crippen LogP contribution in [-0.2, 0) is 6.61 Å². The summed E-state index contributed by atoms with van der Waals surface area (Å²) in [4.78, 5) is 0. The van der Waals surface area contributed by atoms with E-state index in [0.717, 1.165) is 15.8 Å². The molecule has 0 unspecified atom stereocenters. The molecule has 2 aromatic carbocycles. The number of halogens is 1. The summed E-state index contributed by atoms with van der Waals surface area (Å²) in [5.74, 6) is 0.993. The molecule has 0 bridgehead atoms. The predicted molar refractivity (Wildman–Crippen MR) is 66.6 cm³/mol. The second-order valence-electron chi connectivity index (χ2n) is 3.41. The van der Waals surface area contributed by atoms with Gasteiger partial charge in [0.2, 0.25) is 0 Å². The molecule has 0 spiro atoms. The fourth-order valence-electron chi connectivity index (χ4n) is 1.34. The number of phenols is 1. The van der Waals surface area contributed by atoms with Gasteiger partial charge < -0.3 is 9.84 Å². The molecule has 0 saturated carbocycles. The summed E-state index contributed by atoms with van der Waals surface area (Å²) in [6.07, 6.45) is 0. The van der Waals surface area contributed by atoms with Crippen molar-refractivity contribution in [1.82, 2.24) is 0 Å². The van der Waals surface area contributed by atoms with Crippen LogP contribution < -0.4 is 4.74 Å². The van der Waals surface area contributed by atoms with Gasteiger partial charge in [-0.3, -0.25) is 0 Å². The van der Waals surface area contributed by atoms with Crippen LogP contribution >= 0.6 is 15.9 Å². The van der Waals surface area contributed by atoms with Crippen LogP contribution in [0.2, 0.25) is 0 Å². The molecule has 0 atom stereocenters. The smallest absolute Gasteiger partial charge is 0.120 e. The lowest BCUT2D eigenvalue weighted by Crippen LogP contribution is -1.94. The Hall–Kier alpha value is -1.48. The Kier molecular flexibility index (Phi) is 3.47. The molecule has 2 nitrogen and oxygen atoms in total. The van der Waals surface area contributed by atoms with Crippen molar-refractivity contribution in [3.8, 4) is 11.5 Å². The van der Waals surface area contributed by atoms with Crippen molar-refractivity contribution >= 4 is 15.9 Å². The summed E-state index contributed by atoms with van der Waals surface area (Å²) >= 11 is 3.41. The van der Waals surface area contributed by atoms with E-state index in [1.165, 1.54) is 0 Å². The Morgan fingerprint density at radius 1 is 1.06 bits per heavy atom. The zero-order valence-electron chi connectivity index (χ0n) is 8.56. The lowest BCUT2D eigenvalue weighted by atomic mass is 10.2. The van der Waals surface area contributed by atoms with Crippen LogP contribution in [0.15, 0.2) is 53.0 Å². The van der Waals surface area contributed by atoms with Gasteiger partial charge in [-0.05, 0) is 42.0 Å². The van der Waals surface area contributed by atoms with E-state index < -0.39 is 0 Å². The molecular weight excluding hydrogens is 268 g/mol. The molecule has 0 fully saturated rings. The molecule has 82 valence electrons. The van der Waals surface area contributed by atoms with Crippen LogP contribution in [-0.4, -0.2) is 5.11 Å². The van der Waals surface area contributed by atoms with Crippen molar-refractivity contribution in [2.24, 2.45) is 0 Å². The van der Waals surface area contributed by atoms with Gasteiger partial charge in [-0.15, -0.1) is 0 Å². The van der Waals surface area contributed by atoms with E-state index in [2.05, 4.69) is 15.9 Å². The third-order valence-corrected chi connectivity index (χ3v) is 2.62. The molecule has 0 saturated heterocycles. The first-order chi connectivity index (χ1) is 7.74. The minimum atomic E-state index is 0.245. The number of ether oxygens (including phenoxy) is 1. The van der Waals surface area contributed by atoms with Gasteiger partial charge in [0.15, 0.2) is 0 Å². The number of hydrogen-bond acceptors (Lipinski definition) is 2. The molecule has 0 radical (unpaired) electrons. The fourth-order valence-corrected chi connectivity index (χ4v) is 1.78. The number of aromatic hydroxyl groups is 1. The van der Waals surface area contributed by atoms with Crippen molar-refractivity contribution < 1.29 is 9.84 Å². The van der Waals surface area contributed by atoms with E-state index >= 15 is 0 Å². The molecule has 0 aromatic heterocycles. The standard InChI is InChI=1S/C13H11BrO2/c14-11-3-1-2-10(8-11)9-16-13-6-4-12(15)5-7-13/h1-8,15H,9H2. The SMILES string of the molecule is Oc1ccc(OCc2cccc(Br)c2)cc1. The van der Waals surface area contributed by atoms with Crippen LogP contribution in [0.1, 0.15) is 5.56 Å². The minimum Gasteiger partial charge on any atom is -0.508 e. The van der Waals surface area contributed by atoms with Crippen LogP contribution in [0, 0.1) is 0 Å². The van der Waals surface area contributed by atoms with Crippen LogP contribution in [0.5, 0.6) is 11.5 Å². The highest BCUT2D eigenvalue weighted by atomic mass is 79.9. The molecule has 0 aliphatic heterocycles. The Morgan fingerprint density at radius 3 is 2.50 bits per heavy atom. The minimum absolute atomic E-state index is 0.245. The third-order valence-electron chi connectivity index (χ3n) is 2.13. The summed E-state index contributed by atoms with van der Waals surface area (Å²) in [6, 6.07) is 14.7. The summed E-state index contributed by atoms with van der Waals surface area (Å²) in [5.41, 5.74) is 1.10. The van der Waals surface area contributed by atoms with E-state index in [0.29, 0.717) is 6.61 Å². The van der Waals surface area contributed by atoms with E-state index in [1.807, 2.05) is 24.3 Å². The Labute approximate surface area is 103 Å². The fraction of sp³-hybridized carbons (Fsp3) is 0.0769. The van der Waals surface area contributed by atoms with Crippen molar-refractivity contribution in [3.05, 3.63) is 58.6 Å². The molecule has 0 amide bonds. The first-order valence-electron chi connectivity index (χ1n) is 4.90. The van der Waals surface area contributed by atoms with Gasteiger partial charge in [0.25, 0.3) is 0 Å². The summed E-state index contributed by atoms with van der Waals surface area (Å²) in [7, 11) is 0. The van der Waals surface area contributed by atoms with Crippen LogP contribution in [0.25, 0.3) is 0 Å². The Bertz CT molecular complexity index is 466. The van der Waals surface area contributed by atoms with Crippen molar-refractivity contribution in [1.29, 1.82) is 0 Å². The zero-order chi connectivity index (χ0) is 11.4. The lowest BCUT2D eigenvalue weighted by Gasteiger charge is -2.06. The molecule has 16 heavy (non-hydrogen) atoms. The maximum atomic E-state index is 9.12. The van der Waals surface area contributed by atoms with Gasteiger partial charge in [-0.1, -0.05) is 28.1 Å². The second-order valence-corrected chi connectivity index (χ2v) is 4.33. The molecule has 3 heteroatoms. The van der Waals surface area contributed by atoms with Crippen LogP contribution in [0.3, 0.4) is 0 Å². The quantitative estimate of drug-likeness (QED) is 0.927. The number of benzene rings is 2. The van der Waals surface area contributed by atoms with Gasteiger partial charge in [-0.25, -0.2) is 0 Å². The zero-order valence-corrected chi connectivity index (χ0v) is 10.1. The molecule has 1 N–H and O–H groups in total. The average molecular weight is 279 g/mol. The van der Waals surface area contributed by atoms with E-state index in [-0.39, 0.29) is 5.75 Å². The average Bonchev–Trinajstić information content (AvgIpc) is 2.28. The molecule has 2 aromatic rings. The Morgan fingerprint density at radius 2 is 1.81 bits per heavy atom. The normalized spacial score (nSPS) is 10.1. The van der Waals surface area contributed by atoms with Gasteiger partial charge in [0.05, 0.1) is 0 Å². The van der Waals surface area contributed by atoms with E-state index in [4.69, 9.17) is 9.84 Å². The van der Waals surface area contributed by atoms with Gasteiger partial charge in [-0.2, -0.15) is 0 Å². The van der Waals surface area contributed by atoms with Gasteiger partial charge >= 0.3 is 0 Å². The Balaban J connectivity index is 1.99. The highest BCUT2D eigenvalue weighted by molar-refractivity contribution is 9.10.